The molecule has 1 aromatic carbocycles. The topological polar surface area (TPSA) is 35.8 Å². The Morgan fingerprint density at radius 2 is 1.56 bits per heavy atom. The molecule has 0 N–H and O–H groups in total. The highest BCUT2D eigenvalue weighted by atomic mass is 16.5. The second-order valence-corrected chi connectivity index (χ2v) is 3.73. The van der Waals surface area contributed by atoms with E-state index in [-0.39, 0.29) is 0 Å². The van der Waals surface area contributed by atoms with Crippen LogP contribution in [0.3, 0.4) is 0 Å². The largest absolute Gasteiger partial charge is 0.497 e. The smallest absolute Gasteiger partial charge is 0.124 e. The number of hydrogen-bond acceptors (Lipinski definition) is 3. The fourth-order valence-electron chi connectivity index (χ4n) is 1.84. The molecule has 1 radical (unpaired) electrons. The van der Waals surface area contributed by atoms with Gasteiger partial charge in [0, 0.05) is 50.1 Å². The third kappa shape index (κ3) is 2.39. The Balaban J connectivity index is 2.24. The molecule has 0 aliphatic carbocycles. The maximum atomic E-state index is 5.26. The standard InChI is InChI=1S/C12H17N2O2/c1-15-11-7-10(8-12(9-11)16-2)14-5-3-13-4-6-14/h7-9H,3-6H2,1-2H3. The molecule has 0 amide bonds. The molecule has 87 valence electrons. The summed E-state index contributed by atoms with van der Waals surface area (Å²) in [4.78, 5) is 2.30. The minimum Gasteiger partial charge on any atom is -0.497 e. The summed E-state index contributed by atoms with van der Waals surface area (Å²) in [7, 11) is 3.34. The Morgan fingerprint density at radius 1 is 1.00 bits per heavy atom. The highest BCUT2D eigenvalue weighted by molar-refractivity contribution is 5.56. The fourth-order valence-corrected chi connectivity index (χ4v) is 1.84. The van der Waals surface area contributed by atoms with Crippen LogP contribution in [-0.4, -0.2) is 40.4 Å². The summed E-state index contributed by atoms with van der Waals surface area (Å²) in [6.07, 6.45) is 0. The quantitative estimate of drug-likeness (QED) is 0.767. The molecule has 0 spiro atoms. The van der Waals surface area contributed by atoms with Gasteiger partial charge in [0.05, 0.1) is 14.2 Å². The van der Waals surface area contributed by atoms with Crippen LogP contribution in [0.25, 0.3) is 0 Å². The van der Waals surface area contributed by atoms with Gasteiger partial charge in [0.25, 0.3) is 0 Å². The van der Waals surface area contributed by atoms with Crippen molar-refractivity contribution in [2.24, 2.45) is 0 Å². The first-order valence-corrected chi connectivity index (χ1v) is 5.45. The van der Waals surface area contributed by atoms with E-state index in [9.17, 15) is 0 Å². The number of methoxy groups -OCH3 is 2. The Kier molecular flexibility index (Phi) is 3.51. The van der Waals surface area contributed by atoms with Gasteiger partial charge >= 0.3 is 0 Å². The Morgan fingerprint density at radius 3 is 2.06 bits per heavy atom. The zero-order valence-corrected chi connectivity index (χ0v) is 9.77. The van der Waals surface area contributed by atoms with Gasteiger partial charge in [0.1, 0.15) is 11.5 Å². The van der Waals surface area contributed by atoms with Crippen LogP contribution in [0.15, 0.2) is 18.2 Å². The molecule has 1 heterocycles. The maximum absolute atomic E-state index is 5.26. The highest BCUT2D eigenvalue weighted by Gasteiger charge is 2.13. The van der Waals surface area contributed by atoms with Gasteiger partial charge in [-0.1, -0.05) is 0 Å². The molecule has 2 rings (SSSR count). The molecular formula is C12H17N2O2. The summed E-state index contributed by atoms with van der Waals surface area (Å²) >= 11 is 0. The lowest BCUT2D eigenvalue weighted by Gasteiger charge is -2.29. The zero-order chi connectivity index (χ0) is 11.4. The summed E-state index contributed by atoms with van der Waals surface area (Å²) in [5.74, 6) is 1.66. The van der Waals surface area contributed by atoms with Crippen LogP contribution in [0.5, 0.6) is 11.5 Å². The van der Waals surface area contributed by atoms with Crippen molar-refractivity contribution >= 4 is 5.69 Å². The predicted molar refractivity (Wildman–Crippen MR) is 63.6 cm³/mol. The average Bonchev–Trinajstić information content (AvgIpc) is 2.39. The van der Waals surface area contributed by atoms with Gasteiger partial charge in [-0.3, -0.25) is 0 Å². The number of anilines is 1. The third-order valence-corrected chi connectivity index (χ3v) is 2.76. The van der Waals surface area contributed by atoms with E-state index in [1.54, 1.807) is 14.2 Å². The summed E-state index contributed by atoms with van der Waals surface area (Å²) in [6, 6.07) is 5.96. The van der Waals surface area contributed by atoms with Crippen LogP contribution in [-0.2, 0) is 0 Å². The molecule has 0 atom stereocenters. The number of nitrogens with zero attached hydrogens (tertiary/aromatic N) is 2. The SMILES string of the molecule is COc1cc(OC)cc(N2CC[N]CC2)c1. The zero-order valence-electron chi connectivity index (χ0n) is 9.77. The van der Waals surface area contributed by atoms with Crippen molar-refractivity contribution in [2.75, 3.05) is 45.3 Å². The highest BCUT2D eigenvalue weighted by Crippen LogP contribution is 2.28. The van der Waals surface area contributed by atoms with Crippen LogP contribution in [0.1, 0.15) is 0 Å². The lowest BCUT2D eigenvalue weighted by molar-refractivity contribution is 0.394. The fraction of sp³-hybridized carbons (Fsp3) is 0.500. The van der Waals surface area contributed by atoms with Gasteiger partial charge in [-0.25, -0.2) is 5.32 Å². The van der Waals surface area contributed by atoms with E-state index in [1.165, 1.54) is 0 Å². The molecule has 1 aliphatic heterocycles. The van der Waals surface area contributed by atoms with E-state index >= 15 is 0 Å². The third-order valence-electron chi connectivity index (χ3n) is 2.76. The lowest BCUT2D eigenvalue weighted by Crippen LogP contribution is -2.40. The Hall–Kier alpha value is -1.42. The lowest BCUT2D eigenvalue weighted by atomic mass is 10.2. The molecule has 0 saturated carbocycles. The maximum Gasteiger partial charge on any atom is 0.124 e. The molecular weight excluding hydrogens is 204 g/mol. The van der Waals surface area contributed by atoms with Crippen molar-refractivity contribution in [2.45, 2.75) is 0 Å². The first-order valence-electron chi connectivity index (χ1n) is 5.45. The molecule has 1 aliphatic rings. The van der Waals surface area contributed by atoms with Crippen LogP contribution >= 0.6 is 0 Å². The first-order chi connectivity index (χ1) is 7.83. The number of ether oxygens (including phenoxy) is 2. The summed E-state index contributed by atoms with van der Waals surface area (Å²) in [6.45, 7) is 3.74. The van der Waals surface area contributed by atoms with E-state index in [0.717, 1.165) is 43.4 Å². The van der Waals surface area contributed by atoms with Gasteiger partial charge in [-0.15, -0.1) is 0 Å². The van der Waals surface area contributed by atoms with Crippen molar-refractivity contribution in [1.29, 1.82) is 0 Å². The van der Waals surface area contributed by atoms with E-state index < -0.39 is 0 Å². The summed E-state index contributed by atoms with van der Waals surface area (Å²) < 4.78 is 10.5. The molecule has 4 nitrogen and oxygen atoms in total. The predicted octanol–water partition coefficient (Wildman–Crippen LogP) is 1.13. The van der Waals surface area contributed by atoms with Gasteiger partial charge in [-0.2, -0.15) is 0 Å². The van der Waals surface area contributed by atoms with Gasteiger partial charge in [-0.05, 0) is 0 Å². The number of benzene rings is 1. The molecule has 1 saturated heterocycles. The molecule has 1 aromatic rings. The van der Waals surface area contributed by atoms with E-state index in [2.05, 4.69) is 10.2 Å². The molecule has 1 fully saturated rings. The minimum atomic E-state index is 0.830. The van der Waals surface area contributed by atoms with Crippen LogP contribution in [0, 0.1) is 0 Å². The normalized spacial score (nSPS) is 16.0. The summed E-state index contributed by atoms with van der Waals surface area (Å²) in [5, 5.41) is 4.33. The van der Waals surface area contributed by atoms with Crippen LogP contribution < -0.4 is 19.7 Å². The Labute approximate surface area is 96.2 Å². The van der Waals surface area contributed by atoms with Crippen LogP contribution in [0.4, 0.5) is 5.69 Å². The average molecular weight is 221 g/mol. The summed E-state index contributed by atoms with van der Waals surface area (Å²) in [5.41, 5.74) is 1.14. The molecule has 0 unspecified atom stereocenters. The number of hydrogen-bond donors (Lipinski definition) is 0. The van der Waals surface area contributed by atoms with Crippen molar-refractivity contribution in [3.63, 3.8) is 0 Å². The monoisotopic (exact) mass is 221 g/mol. The number of piperazine rings is 1. The molecule has 16 heavy (non-hydrogen) atoms. The molecule has 0 bridgehead atoms. The minimum absolute atomic E-state index is 0.830. The van der Waals surface area contributed by atoms with Gasteiger partial charge in [0.2, 0.25) is 0 Å². The first kappa shape index (κ1) is 11.1. The van der Waals surface area contributed by atoms with Crippen molar-refractivity contribution in [3.05, 3.63) is 18.2 Å². The second kappa shape index (κ2) is 5.07. The van der Waals surface area contributed by atoms with E-state index in [4.69, 9.17) is 9.47 Å². The molecule has 0 aromatic heterocycles. The molecule has 4 heteroatoms. The van der Waals surface area contributed by atoms with E-state index in [0.29, 0.717) is 0 Å². The van der Waals surface area contributed by atoms with Crippen LogP contribution in [0.2, 0.25) is 0 Å². The van der Waals surface area contributed by atoms with E-state index in [1.807, 2.05) is 18.2 Å². The van der Waals surface area contributed by atoms with Gasteiger partial charge in [0.15, 0.2) is 0 Å². The second-order valence-electron chi connectivity index (χ2n) is 3.73. The Bertz CT molecular complexity index is 327. The van der Waals surface area contributed by atoms with Gasteiger partial charge < -0.3 is 14.4 Å². The number of rotatable bonds is 3. The van der Waals surface area contributed by atoms with Crippen molar-refractivity contribution in [3.8, 4) is 11.5 Å². The van der Waals surface area contributed by atoms with Crippen molar-refractivity contribution in [1.82, 2.24) is 5.32 Å². The van der Waals surface area contributed by atoms with Crippen molar-refractivity contribution < 1.29 is 9.47 Å².